The Balaban J connectivity index is 1.36. The highest BCUT2D eigenvalue weighted by Crippen LogP contribution is 2.26. The number of carbonyl (C=O) groups excluding carboxylic acids is 2. The third-order valence-corrected chi connectivity index (χ3v) is 5.39. The fraction of sp³-hybridized carbons (Fsp3) is 0.0833. The van der Waals surface area contributed by atoms with Crippen LogP contribution in [0.2, 0.25) is 0 Å². The zero-order valence-corrected chi connectivity index (χ0v) is 18.3. The lowest BCUT2D eigenvalue weighted by Gasteiger charge is -2.13. The van der Waals surface area contributed by atoms with Crippen molar-refractivity contribution in [1.29, 1.82) is 0 Å². The fourth-order valence-corrected chi connectivity index (χ4v) is 3.76. The lowest BCUT2D eigenvalue weighted by molar-refractivity contribution is -0.134. The molecule has 2 heterocycles. The lowest BCUT2D eigenvalue weighted by atomic mass is 10.1. The van der Waals surface area contributed by atoms with Crippen LogP contribution < -0.4 is 21.1 Å². The molecule has 0 saturated heterocycles. The number of thiophene rings is 1. The first-order valence-electron chi connectivity index (χ1n) is 10.1. The van der Waals surface area contributed by atoms with Crippen LogP contribution in [0, 0.1) is 0 Å². The number of nitrogens with zero attached hydrogens (tertiary/aromatic N) is 2. The average molecular weight is 460 g/mol. The summed E-state index contributed by atoms with van der Waals surface area (Å²) in [6.07, 6.45) is 0.0145. The van der Waals surface area contributed by atoms with E-state index in [-0.39, 0.29) is 18.0 Å². The van der Waals surface area contributed by atoms with Crippen molar-refractivity contribution in [2.75, 3.05) is 10.6 Å². The minimum atomic E-state index is -0.546. The summed E-state index contributed by atoms with van der Waals surface area (Å²) in [6.45, 7) is 0. The van der Waals surface area contributed by atoms with Gasteiger partial charge in [0, 0.05) is 11.6 Å². The number of aromatic nitrogens is 2. The topological polar surface area (TPSA) is 119 Å². The SMILES string of the molecule is NC(CC(=O)Oc1ccccc1NC(=O)Nc1ccc(-c2ccccc2)nn1)c1ccsc1. The second-order valence-electron chi connectivity index (χ2n) is 7.09. The number of nitrogens with one attached hydrogen (secondary N) is 2. The molecule has 8 nitrogen and oxygen atoms in total. The average Bonchev–Trinajstić information content (AvgIpc) is 3.37. The molecule has 0 saturated carbocycles. The van der Waals surface area contributed by atoms with Crippen molar-refractivity contribution in [2.24, 2.45) is 5.73 Å². The molecule has 1 unspecified atom stereocenters. The van der Waals surface area contributed by atoms with Gasteiger partial charge in [-0.2, -0.15) is 11.3 Å². The van der Waals surface area contributed by atoms with Crippen molar-refractivity contribution in [1.82, 2.24) is 10.2 Å². The van der Waals surface area contributed by atoms with Gasteiger partial charge in [0.2, 0.25) is 0 Å². The molecule has 4 aromatic rings. The number of hydrogen-bond acceptors (Lipinski definition) is 7. The normalized spacial score (nSPS) is 11.4. The standard InChI is InChI=1S/C24H21N5O3S/c25-18(17-12-13-33-15-17)14-23(30)32-21-9-5-4-8-20(21)26-24(31)27-22-11-10-19(28-29-22)16-6-2-1-3-7-16/h1-13,15,18H,14,25H2,(H2,26,27,29,31). The van der Waals surface area contributed by atoms with Crippen LogP contribution >= 0.6 is 11.3 Å². The monoisotopic (exact) mass is 459 g/mol. The number of rotatable bonds is 7. The summed E-state index contributed by atoms with van der Waals surface area (Å²) in [5.41, 5.74) is 8.89. The van der Waals surface area contributed by atoms with E-state index in [1.807, 2.05) is 47.2 Å². The molecule has 9 heteroatoms. The maximum absolute atomic E-state index is 12.5. The first-order valence-corrected chi connectivity index (χ1v) is 11.1. The fourth-order valence-electron chi connectivity index (χ4n) is 3.04. The van der Waals surface area contributed by atoms with E-state index in [9.17, 15) is 9.59 Å². The summed E-state index contributed by atoms with van der Waals surface area (Å²) in [4.78, 5) is 24.8. The summed E-state index contributed by atoms with van der Waals surface area (Å²) in [6, 6.07) is 20.6. The van der Waals surface area contributed by atoms with Crippen molar-refractivity contribution in [2.45, 2.75) is 12.5 Å². The molecule has 0 radical (unpaired) electrons. The first kappa shape index (κ1) is 22.1. The Morgan fingerprint density at radius 2 is 1.73 bits per heavy atom. The molecule has 0 aliphatic rings. The third kappa shape index (κ3) is 6.00. The predicted molar refractivity (Wildman–Crippen MR) is 128 cm³/mol. The molecule has 33 heavy (non-hydrogen) atoms. The van der Waals surface area contributed by atoms with Crippen molar-refractivity contribution in [3.63, 3.8) is 0 Å². The second-order valence-corrected chi connectivity index (χ2v) is 7.87. The molecule has 2 amide bonds. The highest BCUT2D eigenvalue weighted by Gasteiger charge is 2.16. The van der Waals surface area contributed by atoms with Crippen molar-refractivity contribution >= 4 is 34.8 Å². The molecule has 1 atom stereocenters. The molecular weight excluding hydrogens is 438 g/mol. The highest BCUT2D eigenvalue weighted by molar-refractivity contribution is 7.08. The predicted octanol–water partition coefficient (Wildman–Crippen LogP) is 4.84. The van der Waals surface area contributed by atoms with Crippen LogP contribution in [-0.2, 0) is 4.79 Å². The van der Waals surface area contributed by atoms with Crippen LogP contribution in [0.1, 0.15) is 18.0 Å². The van der Waals surface area contributed by atoms with Gasteiger partial charge < -0.3 is 15.8 Å². The third-order valence-electron chi connectivity index (χ3n) is 4.69. The van der Waals surface area contributed by atoms with Crippen LogP contribution in [0.5, 0.6) is 5.75 Å². The molecule has 4 N–H and O–H groups in total. The Bertz CT molecular complexity index is 1210. The second kappa shape index (κ2) is 10.5. The molecule has 0 aliphatic heterocycles. The van der Waals surface area contributed by atoms with Crippen molar-refractivity contribution < 1.29 is 14.3 Å². The number of amides is 2. The van der Waals surface area contributed by atoms with E-state index < -0.39 is 18.0 Å². The van der Waals surface area contributed by atoms with E-state index in [2.05, 4.69) is 20.8 Å². The van der Waals surface area contributed by atoms with Gasteiger partial charge in [-0.25, -0.2) is 4.79 Å². The molecule has 2 aromatic heterocycles. The van der Waals surface area contributed by atoms with Crippen molar-refractivity contribution in [3.8, 4) is 17.0 Å². The summed E-state index contributed by atoms with van der Waals surface area (Å²) in [7, 11) is 0. The molecule has 4 rings (SSSR count). The Labute approximate surface area is 194 Å². The Morgan fingerprint density at radius 1 is 0.939 bits per heavy atom. The van der Waals surface area contributed by atoms with Gasteiger partial charge >= 0.3 is 12.0 Å². The van der Waals surface area contributed by atoms with E-state index in [1.165, 1.54) is 11.3 Å². The number of anilines is 2. The molecule has 2 aromatic carbocycles. The molecule has 0 bridgehead atoms. The maximum Gasteiger partial charge on any atom is 0.325 e. The van der Waals surface area contributed by atoms with Crippen LogP contribution in [0.3, 0.4) is 0 Å². The molecule has 166 valence electrons. The number of urea groups is 1. The maximum atomic E-state index is 12.5. The first-order chi connectivity index (χ1) is 16.1. The van der Waals surface area contributed by atoms with Crippen LogP contribution in [0.15, 0.2) is 83.6 Å². The van der Waals surface area contributed by atoms with E-state index >= 15 is 0 Å². The summed E-state index contributed by atoms with van der Waals surface area (Å²) in [5.74, 6) is 0.00907. The van der Waals surface area contributed by atoms with Crippen LogP contribution in [0.4, 0.5) is 16.3 Å². The molecule has 0 fully saturated rings. The van der Waals surface area contributed by atoms with Gasteiger partial charge in [0.15, 0.2) is 11.6 Å². The Kier molecular flexibility index (Phi) is 7.03. The van der Waals surface area contributed by atoms with Gasteiger partial charge in [-0.05, 0) is 46.7 Å². The Hall–Kier alpha value is -4.08. The quantitative estimate of drug-likeness (QED) is 0.269. The molecule has 0 spiro atoms. The van der Waals surface area contributed by atoms with Gasteiger partial charge in [-0.3, -0.25) is 10.1 Å². The van der Waals surface area contributed by atoms with Gasteiger partial charge in [-0.15, -0.1) is 10.2 Å². The van der Waals surface area contributed by atoms with Crippen molar-refractivity contribution in [3.05, 3.63) is 89.1 Å². The minimum Gasteiger partial charge on any atom is -0.424 e. The molecule has 0 aliphatic carbocycles. The van der Waals surface area contributed by atoms with E-state index in [1.54, 1.807) is 36.4 Å². The highest BCUT2D eigenvalue weighted by atomic mass is 32.1. The van der Waals surface area contributed by atoms with Crippen LogP contribution in [0.25, 0.3) is 11.3 Å². The number of benzene rings is 2. The van der Waals surface area contributed by atoms with Gasteiger partial charge in [0.05, 0.1) is 17.8 Å². The van der Waals surface area contributed by atoms with E-state index in [0.29, 0.717) is 11.4 Å². The van der Waals surface area contributed by atoms with Gasteiger partial charge in [0.1, 0.15) is 0 Å². The van der Waals surface area contributed by atoms with Crippen LogP contribution in [-0.4, -0.2) is 22.2 Å². The number of nitrogens with two attached hydrogens (primary N) is 1. The Morgan fingerprint density at radius 3 is 2.45 bits per heavy atom. The summed E-state index contributed by atoms with van der Waals surface area (Å²) in [5, 5.41) is 17.3. The summed E-state index contributed by atoms with van der Waals surface area (Å²) < 4.78 is 5.44. The largest absolute Gasteiger partial charge is 0.424 e. The number of ether oxygens (including phenoxy) is 1. The van der Waals surface area contributed by atoms with Gasteiger partial charge in [-0.1, -0.05) is 42.5 Å². The lowest BCUT2D eigenvalue weighted by Crippen LogP contribution is -2.22. The summed E-state index contributed by atoms with van der Waals surface area (Å²) >= 11 is 1.51. The number of hydrogen-bond donors (Lipinski definition) is 3. The van der Waals surface area contributed by atoms with E-state index in [0.717, 1.165) is 11.1 Å². The van der Waals surface area contributed by atoms with Gasteiger partial charge in [0.25, 0.3) is 0 Å². The smallest absolute Gasteiger partial charge is 0.325 e. The van der Waals surface area contributed by atoms with E-state index in [4.69, 9.17) is 10.5 Å². The molecular formula is C24H21N5O3S. The number of esters is 1. The zero-order valence-electron chi connectivity index (χ0n) is 17.5. The minimum absolute atomic E-state index is 0.0145. The number of para-hydroxylation sites is 2. The number of carbonyl (C=O) groups is 2. The zero-order chi connectivity index (χ0) is 23.0.